The average Bonchev–Trinajstić information content (AvgIpc) is 2.74. The van der Waals surface area contributed by atoms with Gasteiger partial charge in [0, 0.05) is 51.4 Å². The minimum Gasteiger partial charge on any atom is -0.378 e. The molecule has 2 aromatic heterocycles. The van der Waals surface area contributed by atoms with Crippen LogP contribution < -0.4 is 14.7 Å². The predicted octanol–water partition coefficient (Wildman–Crippen LogP) is 1.45. The second kappa shape index (κ2) is 7.74. The van der Waals surface area contributed by atoms with Crippen molar-refractivity contribution in [2.75, 3.05) is 67.2 Å². The molecule has 0 saturated carbocycles. The Morgan fingerprint density at radius 1 is 0.679 bits per heavy atom. The Morgan fingerprint density at radius 2 is 1.14 bits per heavy atom. The molecule has 150 valence electrons. The van der Waals surface area contributed by atoms with Gasteiger partial charge >= 0.3 is 6.18 Å². The molecule has 2 aromatic rings. The van der Waals surface area contributed by atoms with Gasteiger partial charge in [-0.1, -0.05) is 0 Å². The molecule has 0 aromatic carbocycles. The number of alkyl halides is 3. The van der Waals surface area contributed by atoms with Gasteiger partial charge in [-0.2, -0.15) is 13.2 Å². The van der Waals surface area contributed by atoms with Crippen molar-refractivity contribution < 1.29 is 17.9 Å². The van der Waals surface area contributed by atoms with E-state index in [1.54, 1.807) is 6.33 Å². The summed E-state index contributed by atoms with van der Waals surface area (Å²) in [6.07, 6.45) is -1.97. The zero-order valence-corrected chi connectivity index (χ0v) is 15.1. The summed E-state index contributed by atoms with van der Waals surface area (Å²) in [7, 11) is 0. The minimum atomic E-state index is -4.48. The van der Waals surface area contributed by atoms with Crippen LogP contribution >= 0.6 is 0 Å². The lowest BCUT2D eigenvalue weighted by Gasteiger charge is -2.36. The molecule has 0 bridgehead atoms. The summed E-state index contributed by atoms with van der Waals surface area (Å²) in [5.74, 6) is 1.97. The molecule has 0 atom stereocenters. The topological polar surface area (TPSA) is 70.5 Å². The van der Waals surface area contributed by atoms with Crippen LogP contribution in [0.25, 0.3) is 0 Å². The van der Waals surface area contributed by atoms with Crippen molar-refractivity contribution in [1.29, 1.82) is 0 Å². The summed E-state index contributed by atoms with van der Waals surface area (Å²) in [6, 6.07) is 2.95. The third-order valence-electron chi connectivity index (χ3n) is 4.84. The number of nitrogens with zero attached hydrogens (tertiary/aromatic N) is 7. The molecule has 0 unspecified atom stereocenters. The van der Waals surface area contributed by atoms with E-state index in [4.69, 9.17) is 4.74 Å². The maximum Gasteiger partial charge on any atom is 0.433 e. The van der Waals surface area contributed by atoms with E-state index in [1.807, 2.05) is 11.0 Å². The number of rotatable bonds is 3. The van der Waals surface area contributed by atoms with Crippen molar-refractivity contribution >= 4 is 17.5 Å². The first kappa shape index (κ1) is 18.7. The fraction of sp³-hybridized carbons (Fsp3) is 0.529. The van der Waals surface area contributed by atoms with Crippen LogP contribution in [0.5, 0.6) is 0 Å². The van der Waals surface area contributed by atoms with Gasteiger partial charge in [-0.05, 0) is 0 Å². The summed E-state index contributed by atoms with van der Waals surface area (Å²) in [5.41, 5.74) is -0.925. The smallest absolute Gasteiger partial charge is 0.378 e. The number of piperazine rings is 1. The van der Waals surface area contributed by atoms with Crippen molar-refractivity contribution in [2.24, 2.45) is 0 Å². The van der Waals surface area contributed by atoms with Crippen molar-refractivity contribution in [1.82, 2.24) is 19.9 Å². The van der Waals surface area contributed by atoms with Gasteiger partial charge in [-0.15, -0.1) is 0 Å². The number of halogens is 3. The van der Waals surface area contributed by atoms with Crippen LogP contribution in [0.2, 0.25) is 0 Å². The molecule has 0 amide bonds. The predicted molar refractivity (Wildman–Crippen MR) is 96.5 cm³/mol. The van der Waals surface area contributed by atoms with Gasteiger partial charge in [0.05, 0.1) is 13.2 Å². The van der Waals surface area contributed by atoms with Gasteiger partial charge in [-0.3, -0.25) is 0 Å². The molecular formula is C17H20F3N7O. The normalized spacial score (nSPS) is 18.5. The van der Waals surface area contributed by atoms with Crippen LogP contribution in [0, 0.1) is 0 Å². The maximum absolute atomic E-state index is 12.9. The molecule has 28 heavy (non-hydrogen) atoms. The van der Waals surface area contributed by atoms with Crippen molar-refractivity contribution in [3.8, 4) is 0 Å². The highest BCUT2D eigenvalue weighted by molar-refractivity contribution is 5.52. The lowest BCUT2D eigenvalue weighted by Crippen LogP contribution is -2.47. The first-order valence-corrected chi connectivity index (χ1v) is 9.04. The molecule has 2 aliphatic heterocycles. The lowest BCUT2D eigenvalue weighted by molar-refractivity contribution is -0.141. The zero-order chi connectivity index (χ0) is 19.6. The van der Waals surface area contributed by atoms with Crippen LogP contribution in [-0.4, -0.2) is 72.4 Å². The number of ether oxygens (including phenoxy) is 1. The Morgan fingerprint density at radius 3 is 1.68 bits per heavy atom. The van der Waals surface area contributed by atoms with Crippen LogP contribution in [0.3, 0.4) is 0 Å². The summed E-state index contributed by atoms with van der Waals surface area (Å²) < 4.78 is 44.0. The fourth-order valence-corrected chi connectivity index (χ4v) is 3.32. The van der Waals surface area contributed by atoms with Gasteiger partial charge in [0.1, 0.15) is 35.8 Å². The Kier molecular flexibility index (Phi) is 5.16. The van der Waals surface area contributed by atoms with E-state index in [0.717, 1.165) is 37.1 Å². The molecule has 0 N–H and O–H groups in total. The van der Waals surface area contributed by atoms with E-state index in [-0.39, 0.29) is 0 Å². The highest BCUT2D eigenvalue weighted by atomic mass is 19.4. The molecule has 2 aliphatic rings. The van der Waals surface area contributed by atoms with Crippen molar-refractivity contribution in [3.05, 3.63) is 30.5 Å². The zero-order valence-electron chi connectivity index (χ0n) is 15.1. The third kappa shape index (κ3) is 4.08. The van der Waals surface area contributed by atoms with E-state index < -0.39 is 11.9 Å². The first-order chi connectivity index (χ1) is 13.5. The Labute approximate surface area is 160 Å². The van der Waals surface area contributed by atoms with Crippen LogP contribution in [0.4, 0.5) is 30.6 Å². The molecule has 2 fully saturated rings. The third-order valence-corrected chi connectivity index (χ3v) is 4.84. The van der Waals surface area contributed by atoms with E-state index in [2.05, 4.69) is 29.7 Å². The van der Waals surface area contributed by atoms with E-state index in [9.17, 15) is 13.2 Å². The second-order valence-corrected chi connectivity index (χ2v) is 6.57. The molecule has 4 heterocycles. The van der Waals surface area contributed by atoms with Crippen molar-refractivity contribution in [3.63, 3.8) is 0 Å². The number of aromatic nitrogens is 4. The summed E-state index contributed by atoms with van der Waals surface area (Å²) >= 11 is 0. The SMILES string of the molecule is FC(F)(F)c1cc(N2CCN(c3cc(N4CCOCC4)ncn3)CC2)ncn1. The molecule has 0 radical (unpaired) electrons. The summed E-state index contributed by atoms with van der Waals surface area (Å²) in [6.45, 7) is 5.29. The Hall–Kier alpha value is -2.69. The largest absolute Gasteiger partial charge is 0.433 e. The summed E-state index contributed by atoms with van der Waals surface area (Å²) in [5, 5.41) is 0. The molecule has 8 nitrogen and oxygen atoms in total. The van der Waals surface area contributed by atoms with Gasteiger partial charge in [-0.25, -0.2) is 19.9 Å². The van der Waals surface area contributed by atoms with E-state index in [0.29, 0.717) is 45.2 Å². The quantitative estimate of drug-likeness (QED) is 0.774. The highest BCUT2D eigenvalue weighted by Crippen LogP contribution is 2.29. The molecular weight excluding hydrogens is 375 g/mol. The maximum atomic E-state index is 12.9. The van der Waals surface area contributed by atoms with Gasteiger partial charge < -0.3 is 19.4 Å². The average molecular weight is 395 g/mol. The molecule has 2 saturated heterocycles. The minimum absolute atomic E-state index is 0.290. The van der Waals surface area contributed by atoms with Gasteiger partial charge in [0.25, 0.3) is 0 Å². The Bertz CT molecular complexity index is 805. The number of morpholine rings is 1. The number of hydrogen-bond acceptors (Lipinski definition) is 8. The summed E-state index contributed by atoms with van der Waals surface area (Å²) in [4.78, 5) is 22.1. The Balaban J connectivity index is 1.42. The lowest BCUT2D eigenvalue weighted by atomic mass is 10.3. The first-order valence-electron chi connectivity index (χ1n) is 9.04. The van der Waals surface area contributed by atoms with Crippen LogP contribution in [-0.2, 0) is 10.9 Å². The molecule has 4 rings (SSSR count). The van der Waals surface area contributed by atoms with Gasteiger partial charge in [0.2, 0.25) is 0 Å². The van der Waals surface area contributed by atoms with Gasteiger partial charge in [0.15, 0.2) is 0 Å². The van der Waals surface area contributed by atoms with Crippen LogP contribution in [0.15, 0.2) is 24.8 Å². The highest BCUT2D eigenvalue weighted by Gasteiger charge is 2.33. The van der Waals surface area contributed by atoms with Crippen LogP contribution in [0.1, 0.15) is 5.69 Å². The van der Waals surface area contributed by atoms with E-state index in [1.165, 1.54) is 0 Å². The molecule has 11 heteroatoms. The molecule has 0 spiro atoms. The monoisotopic (exact) mass is 395 g/mol. The standard InChI is InChI=1S/C17H20F3N7O/c18-17(19,20)13-9-14(22-11-21-13)25-1-3-26(4-2-25)15-10-16(24-12-23-15)27-5-7-28-8-6-27/h9-12H,1-8H2. The molecule has 0 aliphatic carbocycles. The van der Waals surface area contributed by atoms with Crippen molar-refractivity contribution in [2.45, 2.75) is 6.18 Å². The fourth-order valence-electron chi connectivity index (χ4n) is 3.32. The number of hydrogen-bond donors (Lipinski definition) is 0. The number of anilines is 3. The second-order valence-electron chi connectivity index (χ2n) is 6.57. The van der Waals surface area contributed by atoms with E-state index >= 15 is 0 Å².